The first-order valence-corrected chi connectivity index (χ1v) is 10.5. The van der Waals surface area contributed by atoms with Gasteiger partial charge in [0.15, 0.2) is 0 Å². The molecule has 3 N–H and O–H groups in total. The summed E-state index contributed by atoms with van der Waals surface area (Å²) >= 11 is 0. The van der Waals surface area contributed by atoms with E-state index in [0.29, 0.717) is 30.0 Å². The summed E-state index contributed by atoms with van der Waals surface area (Å²) in [6.45, 7) is 5.06. The second-order valence-electron chi connectivity index (χ2n) is 9.60. The zero-order valence-electron chi connectivity index (χ0n) is 18.0. The Morgan fingerprint density at radius 3 is 2.16 bits per heavy atom. The van der Waals surface area contributed by atoms with Crippen molar-refractivity contribution in [2.45, 2.75) is 82.0 Å². The molecule has 10 heteroatoms. The third-order valence-corrected chi connectivity index (χ3v) is 6.93. The molecule has 2 aliphatic carbocycles. The number of rotatable bonds is 4. The fraction of sp³-hybridized carbons (Fsp3) is 0.682. The minimum Gasteiger partial charge on any atom is -0.352 e. The standard InChI is InChI=1S/C22H27F7N2O/c1-11(31-18(32)19(2,3)30)14-8-9-17-15-7-5-13(10-12(15)4-6-16(14)17)20(23,21(24,25)26)22(27,28)29/h5,7,10-11,14,16-17H,4,6,8-9,30H2,1-3H3,(H,31,32)/t11?,14-,16?,17?/m0/s1. The van der Waals surface area contributed by atoms with Gasteiger partial charge >= 0.3 is 18.0 Å². The van der Waals surface area contributed by atoms with Crippen LogP contribution in [0, 0.1) is 11.8 Å². The van der Waals surface area contributed by atoms with E-state index >= 15 is 0 Å². The maximum absolute atomic E-state index is 14.5. The summed E-state index contributed by atoms with van der Waals surface area (Å²) in [5.74, 6) is -0.142. The molecule has 1 fully saturated rings. The van der Waals surface area contributed by atoms with Crippen LogP contribution in [0.15, 0.2) is 18.2 Å². The highest BCUT2D eigenvalue weighted by Crippen LogP contribution is 2.55. The van der Waals surface area contributed by atoms with Crippen LogP contribution >= 0.6 is 0 Å². The first-order valence-electron chi connectivity index (χ1n) is 10.5. The summed E-state index contributed by atoms with van der Waals surface area (Å²) < 4.78 is 93.2. The zero-order valence-corrected chi connectivity index (χ0v) is 18.0. The van der Waals surface area contributed by atoms with Crippen molar-refractivity contribution in [1.82, 2.24) is 5.32 Å². The molecule has 1 amide bonds. The molecule has 3 unspecified atom stereocenters. The predicted octanol–water partition coefficient (Wildman–Crippen LogP) is 5.27. The van der Waals surface area contributed by atoms with Crippen LogP contribution in [0.4, 0.5) is 30.7 Å². The number of hydrogen-bond acceptors (Lipinski definition) is 2. The molecule has 0 bridgehead atoms. The molecule has 4 atom stereocenters. The Balaban J connectivity index is 1.87. The minimum absolute atomic E-state index is 0.0613. The molecule has 0 aromatic heterocycles. The van der Waals surface area contributed by atoms with Crippen molar-refractivity contribution < 1.29 is 35.5 Å². The van der Waals surface area contributed by atoms with E-state index in [1.807, 2.05) is 6.92 Å². The van der Waals surface area contributed by atoms with Crippen molar-refractivity contribution in [1.29, 1.82) is 0 Å². The fourth-order valence-electron chi connectivity index (χ4n) is 5.23. The molecule has 0 spiro atoms. The third-order valence-electron chi connectivity index (χ3n) is 6.93. The highest BCUT2D eigenvalue weighted by molar-refractivity contribution is 5.85. The largest absolute Gasteiger partial charge is 0.435 e. The highest BCUT2D eigenvalue weighted by atomic mass is 19.4. The number of fused-ring (bicyclic) bond motifs is 3. The molecule has 0 heterocycles. The van der Waals surface area contributed by atoms with Gasteiger partial charge in [0.1, 0.15) is 0 Å². The van der Waals surface area contributed by atoms with Crippen LogP contribution in [-0.2, 0) is 16.9 Å². The Morgan fingerprint density at radius 2 is 1.62 bits per heavy atom. The fourth-order valence-corrected chi connectivity index (χ4v) is 5.23. The van der Waals surface area contributed by atoms with Gasteiger partial charge in [-0.3, -0.25) is 4.79 Å². The molecule has 2 aliphatic rings. The summed E-state index contributed by atoms with van der Waals surface area (Å²) in [7, 11) is 0. The van der Waals surface area contributed by atoms with Crippen LogP contribution in [-0.4, -0.2) is 29.8 Å². The van der Waals surface area contributed by atoms with E-state index in [-0.39, 0.29) is 36.1 Å². The van der Waals surface area contributed by atoms with E-state index in [1.54, 1.807) is 13.8 Å². The Hall–Kier alpha value is -1.84. The van der Waals surface area contributed by atoms with Crippen molar-refractivity contribution in [3.63, 3.8) is 0 Å². The van der Waals surface area contributed by atoms with Crippen LogP contribution in [0.5, 0.6) is 0 Å². The lowest BCUT2D eigenvalue weighted by molar-refractivity contribution is -0.348. The molecular weight excluding hydrogens is 441 g/mol. The van der Waals surface area contributed by atoms with Crippen molar-refractivity contribution in [3.8, 4) is 0 Å². The van der Waals surface area contributed by atoms with Gasteiger partial charge in [-0.05, 0) is 75.3 Å². The summed E-state index contributed by atoms with van der Waals surface area (Å²) in [5.41, 5.74) is -1.09. The van der Waals surface area contributed by atoms with Crippen LogP contribution in [0.3, 0.4) is 0 Å². The average molecular weight is 468 g/mol. The maximum atomic E-state index is 14.5. The molecule has 180 valence electrons. The number of nitrogens with one attached hydrogen (secondary N) is 1. The molecule has 0 radical (unpaired) electrons. The Kier molecular flexibility index (Phi) is 6.11. The van der Waals surface area contributed by atoms with Crippen LogP contribution in [0.1, 0.15) is 62.6 Å². The number of nitrogens with two attached hydrogens (primary N) is 1. The van der Waals surface area contributed by atoms with Gasteiger partial charge in [-0.2, -0.15) is 26.3 Å². The monoisotopic (exact) mass is 468 g/mol. The molecule has 1 saturated carbocycles. The average Bonchev–Trinajstić information content (AvgIpc) is 3.08. The van der Waals surface area contributed by atoms with Gasteiger partial charge in [-0.25, -0.2) is 4.39 Å². The van der Waals surface area contributed by atoms with E-state index in [1.165, 1.54) is 6.07 Å². The third kappa shape index (κ3) is 4.10. The van der Waals surface area contributed by atoms with Crippen molar-refractivity contribution in [3.05, 3.63) is 34.9 Å². The predicted molar refractivity (Wildman–Crippen MR) is 104 cm³/mol. The Labute approximate surface area is 181 Å². The summed E-state index contributed by atoms with van der Waals surface area (Å²) in [6, 6.07) is 2.36. The summed E-state index contributed by atoms with van der Waals surface area (Å²) in [4.78, 5) is 12.2. The number of benzene rings is 1. The number of alkyl halides is 7. The molecule has 32 heavy (non-hydrogen) atoms. The minimum atomic E-state index is -6.13. The first kappa shape index (κ1) is 24.8. The van der Waals surface area contributed by atoms with Crippen molar-refractivity contribution in [2.24, 2.45) is 17.6 Å². The van der Waals surface area contributed by atoms with Gasteiger partial charge in [0.2, 0.25) is 5.91 Å². The molecular formula is C22H27F7N2O. The lowest BCUT2D eigenvalue weighted by atomic mass is 9.72. The number of aryl methyl sites for hydroxylation is 1. The molecule has 3 nitrogen and oxygen atoms in total. The second-order valence-corrected chi connectivity index (χ2v) is 9.60. The zero-order chi connectivity index (χ0) is 24.3. The van der Waals surface area contributed by atoms with Gasteiger partial charge in [0.05, 0.1) is 5.54 Å². The van der Waals surface area contributed by atoms with Gasteiger partial charge in [-0.15, -0.1) is 0 Å². The first-order chi connectivity index (χ1) is 14.5. The van der Waals surface area contributed by atoms with E-state index in [2.05, 4.69) is 5.32 Å². The lowest BCUT2D eigenvalue weighted by Crippen LogP contribution is -2.53. The Bertz CT molecular complexity index is 859. The quantitative estimate of drug-likeness (QED) is 0.592. The van der Waals surface area contributed by atoms with E-state index in [4.69, 9.17) is 5.73 Å². The number of carbonyl (C=O) groups excluding carboxylic acids is 1. The van der Waals surface area contributed by atoms with Crippen molar-refractivity contribution >= 4 is 5.91 Å². The van der Waals surface area contributed by atoms with Gasteiger partial charge in [0, 0.05) is 11.6 Å². The van der Waals surface area contributed by atoms with E-state index in [0.717, 1.165) is 12.5 Å². The van der Waals surface area contributed by atoms with Gasteiger partial charge < -0.3 is 11.1 Å². The second kappa shape index (κ2) is 7.88. The topological polar surface area (TPSA) is 55.1 Å². The summed E-state index contributed by atoms with van der Waals surface area (Å²) in [5, 5.41) is 2.92. The van der Waals surface area contributed by atoms with E-state index < -0.39 is 29.1 Å². The molecule has 0 aliphatic heterocycles. The smallest absolute Gasteiger partial charge is 0.352 e. The number of amides is 1. The molecule has 1 aromatic carbocycles. The number of carbonyl (C=O) groups is 1. The highest BCUT2D eigenvalue weighted by Gasteiger charge is 2.73. The van der Waals surface area contributed by atoms with E-state index in [9.17, 15) is 35.5 Å². The number of hydrogen-bond donors (Lipinski definition) is 2. The normalized spacial score (nSPS) is 25.2. The molecule has 0 saturated heterocycles. The Morgan fingerprint density at radius 1 is 1.03 bits per heavy atom. The number of halogens is 7. The SMILES string of the molecule is CC(NC(=O)C(C)(C)N)[C@@H]1CCC2c3ccc(C(F)(C(F)(F)F)C(F)(F)F)cc3CCC21. The summed E-state index contributed by atoms with van der Waals surface area (Å²) in [6.07, 6.45) is -10.0. The molecule has 3 rings (SSSR count). The van der Waals surface area contributed by atoms with Gasteiger partial charge in [0.25, 0.3) is 0 Å². The van der Waals surface area contributed by atoms with Crippen LogP contribution in [0.25, 0.3) is 0 Å². The molecule has 1 aromatic rings. The van der Waals surface area contributed by atoms with Crippen LogP contribution in [0.2, 0.25) is 0 Å². The van der Waals surface area contributed by atoms with Gasteiger partial charge in [-0.1, -0.05) is 18.2 Å². The van der Waals surface area contributed by atoms with Crippen LogP contribution < -0.4 is 11.1 Å². The van der Waals surface area contributed by atoms with Crippen molar-refractivity contribution in [2.75, 3.05) is 0 Å². The lowest BCUT2D eigenvalue weighted by Gasteiger charge is -2.36. The maximum Gasteiger partial charge on any atom is 0.435 e.